The molecule has 1 nitrogen and oxygen atoms in total. The van der Waals surface area contributed by atoms with Gasteiger partial charge in [0.1, 0.15) is 0 Å². The SMILES string of the molecule is Cc1ccc2c(c1)CC(C(C)(C)CN)CC2. The lowest BCUT2D eigenvalue weighted by molar-refractivity contribution is 0.199. The average Bonchev–Trinajstić information content (AvgIpc) is 2.28. The molecule has 0 aromatic heterocycles. The average molecular weight is 217 g/mol. The van der Waals surface area contributed by atoms with Crippen molar-refractivity contribution in [3.63, 3.8) is 0 Å². The van der Waals surface area contributed by atoms with E-state index in [2.05, 4.69) is 39.0 Å². The van der Waals surface area contributed by atoms with E-state index in [0.29, 0.717) is 0 Å². The molecule has 0 heterocycles. The van der Waals surface area contributed by atoms with Crippen LogP contribution in [0.2, 0.25) is 0 Å². The first-order valence-electron chi connectivity index (χ1n) is 6.31. The Balaban J connectivity index is 2.23. The molecule has 1 aliphatic carbocycles. The second-order valence-electron chi connectivity index (χ2n) is 5.90. The van der Waals surface area contributed by atoms with Gasteiger partial charge in [0.05, 0.1) is 0 Å². The highest BCUT2D eigenvalue weighted by Gasteiger charge is 2.31. The molecule has 2 N–H and O–H groups in total. The Kier molecular flexibility index (Phi) is 3.07. The summed E-state index contributed by atoms with van der Waals surface area (Å²) in [4.78, 5) is 0. The largest absolute Gasteiger partial charge is 0.330 e. The van der Waals surface area contributed by atoms with Crippen LogP contribution in [-0.4, -0.2) is 6.54 Å². The van der Waals surface area contributed by atoms with E-state index in [4.69, 9.17) is 5.73 Å². The van der Waals surface area contributed by atoms with E-state index in [1.165, 1.54) is 24.8 Å². The number of nitrogens with two attached hydrogens (primary N) is 1. The predicted octanol–water partition coefficient (Wildman–Crippen LogP) is 3.08. The van der Waals surface area contributed by atoms with Crippen LogP contribution in [-0.2, 0) is 12.8 Å². The van der Waals surface area contributed by atoms with Crippen LogP contribution in [0.1, 0.15) is 37.0 Å². The topological polar surface area (TPSA) is 26.0 Å². The highest BCUT2D eigenvalue weighted by Crippen LogP contribution is 2.37. The highest BCUT2D eigenvalue weighted by atomic mass is 14.6. The smallest absolute Gasteiger partial charge is 0.00231 e. The molecule has 0 saturated heterocycles. The summed E-state index contributed by atoms with van der Waals surface area (Å²) in [5.41, 5.74) is 10.6. The van der Waals surface area contributed by atoms with Crippen LogP contribution in [0.5, 0.6) is 0 Å². The van der Waals surface area contributed by atoms with Gasteiger partial charge in [-0.3, -0.25) is 0 Å². The zero-order chi connectivity index (χ0) is 11.8. The fourth-order valence-corrected chi connectivity index (χ4v) is 2.72. The molecule has 0 bridgehead atoms. The maximum absolute atomic E-state index is 5.89. The lowest BCUT2D eigenvalue weighted by atomic mass is 9.69. The van der Waals surface area contributed by atoms with Crippen LogP contribution in [0.25, 0.3) is 0 Å². The molecule has 0 radical (unpaired) electrons. The second-order valence-corrected chi connectivity index (χ2v) is 5.90. The van der Waals surface area contributed by atoms with Crippen molar-refractivity contribution >= 4 is 0 Å². The lowest BCUT2D eigenvalue weighted by Crippen LogP contribution is -2.35. The van der Waals surface area contributed by atoms with Crippen LogP contribution in [0.15, 0.2) is 18.2 Å². The van der Waals surface area contributed by atoms with Crippen LogP contribution >= 0.6 is 0 Å². The van der Waals surface area contributed by atoms with Crippen molar-refractivity contribution in [3.8, 4) is 0 Å². The van der Waals surface area contributed by atoms with Gasteiger partial charge in [-0.05, 0) is 55.2 Å². The Hall–Kier alpha value is -0.820. The minimum absolute atomic E-state index is 0.279. The van der Waals surface area contributed by atoms with E-state index < -0.39 is 0 Å². The summed E-state index contributed by atoms with van der Waals surface area (Å²) >= 11 is 0. The Morgan fingerprint density at radius 2 is 2.06 bits per heavy atom. The molecule has 1 aliphatic rings. The molecule has 0 aliphatic heterocycles. The van der Waals surface area contributed by atoms with Gasteiger partial charge in [0.15, 0.2) is 0 Å². The van der Waals surface area contributed by atoms with Crippen molar-refractivity contribution < 1.29 is 0 Å². The van der Waals surface area contributed by atoms with E-state index in [-0.39, 0.29) is 5.41 Å². The predicted molar refractivity (Wildman–Crippen MR) is 69.5 cm³/mol. The number of rotatable bonds is 2. The number of hydrogen-bond acceptors (Lipinski definition) is 1. The van der Waals surface area contributed by atoms with Crippen molar-refractivity contribution in [2.45, 2.75) is 40.0 Å². The van der Waals surface area contributed by atoms with Gasteiger partial charge >= 0.3 is 0 Å². The molecule has 0 fully saturated rings. The van der Waals surface area contributed by atoms with E-state index in [1.54, 1.807) is 11.1 Å². The van der Waals surface area contributed by atoms with Gasteiger partial charge in [0.25, 0.3) is 0 Å². The van der Waals surface area contributed by atoms with Crippen molar-refractivity contribution in [2.75, 3.05) is 6.54 Å². The fourth-order valence-electron chi connectivity index (χ4n) is 2.72. The molecule has 88 valence electrons. The Morgan fingerprint density at radius 3 is 2.75 bits per heavy atom. The molecule has 0 spiro atoms. The van der Waals surface area contributed by atoms with E-state index in [0.717, 1.165) is 12.5 Å². The molecule has 1 heteroatoms. The number of benzene rings is 1. The Morgan fingerprint density at radius 1 is 1.31 bits per heavy atom. The van der Waals surface area contributed by atoms with Crippen LogP contribution in [0.4, 0.5) is 0 Å². The summed E-state index contributed by atoms with van der Waals surface area (Å²) in [6, 6.07) is 6.89. The van der Waals surface area contributed by atoms with Gasteiger partial charge in [-0.15, -0.1) is 0 Å². The maximum atomic E-state index is 5.89. The first-order chi connectivity index (χ1) is 7.53. The molecule has 1 atom stereocenters. The zero-order valence-electron chi connectivity index (χ0n) is 10.7. The third kappa shape index (κ3) is 2.15. The summed E-state index contributed by atoms with van der Waals surface area (Å²) < 4.78 is 0. The summed E-state index contributed by atoms with van der Waals surface area (Å²) in [5, 5.41) is 0. The Bertz CT molecular complexity index is 379. The molecule has 2 rings (SSSR count). The number of aryl methyl sites for hydroxylation is 2. The molecule has 0 saturated carbocycles. The van der Waals surface area contributed by atoms with Crippen LogP contribution in [0, 0.1) is 18.3 Å². The van der Waals surface area contributed by atoms with Gasteiger partial charge < -0.3 is 5.73 Å². The molecular weight excluding hydrogens is 194 g/mol. The minimum Gasteiger partial charge on any atom is -0.330 e. The monoisotopic (exact) mass is 217 g/mol. The maximum Gasteiger partial charge on any atom is -0.00231 e. The Labute approximate surface area is 99.0 Å². The lowest BCUT2D eigenvalue weighted by Gasteiger charge is -2.37. The highest BCUT2D eigenvalue weighted by molar-refractivity contribution is 5.34. The van der Waals surface area contributed by atoms with E-state index in [9.17, 15) is 0 Å². The zero-order valence-corrected chi connectivity index (χ0v) is 10.7. The van der Waals surface area contributed by atoms with Crippen molar-refractivity contribution in [2.24, 2.45) is 17.1 Å². The van der Waals surface area contributed by atoms with Crippen molar-refractivity contribution in [1.29, 1.82) is 0 Å². The summed E-state index contributed by atoms with van der Waals surface area (Å²) in [6.45, 7) is 7.58. The van der Waals surface area contributed by atoms with Crippen LogP contribution < -0.4 is 5.73 Å². The molecule has 1 unspecified atom stereocenters. The van der Waals surface area contributed by atoms with Gasteiger partial charge in [-0.25, -0.2) is 0 Å². The van der Waals surface area contributed by atoms with Crippen molar-refractivity contribution in [3.05, 3.63) is 34.9 Å². The molecule has 0 amide bonds. The molecule has 1 aromatic carbocycles. The third-order valence-electron chi connectivity index (χ3n) is 4.22. The molecule has 16 heavy (non-hydrogen) atoms. The quantitative estimate of drug-likeness (QED) is 0.809. The standard InChI is InChI=1S/C15H23N/c1-11-4-5-12-6-7-14(9-13(12)8-11)15(2,3)10-16/h4-5,8,14H,6-7,9-10,16H2,1-3H3. The van der Waals surface area contributed by atoms with E-state index in [1.807, 2.05) is 0 Å². The van der Waals surface area contributed by atoms with Gasteiger partial charge in [0.2, 0.25) is 0 Å². The van der Waals surface area contributed by atoms with E-state index >= 15 is 0 Å². The number of fused-ring (bicyclic) bond motifs is 1. The second kappa shape index (κ2) is 4.21. The van der Waals surface area contributed by atoms with Gasteiger partial charge in [-0.1, -0.05) is 37.6 Å². The fraction of sp³-hybridized carbons (Fsp3) is 0.600. The summed E-state index contributed by atoms with van der Waals surface area (Å²) in [6.07, 6.45) is 3.73. The minimum atomic E-state index is 0.279. The first kappa shape index (κ1) is 11.7. The van der Waals surface area contributed by atoms with Crippen LogP contribution in [0.3, 0.4) is 0 Å². The third-order valence-corrected chi connectivity index (χ3v) is 4.22. The summed E-state index contributed by atoms with van der Waals surface area (Å²) in [5.74, 6) is 0.742. The van der Waals surface area contributed by atoms with Gasteiger partial charge in [-0.2, -0.15) is 0 Å². The summed E-state index contributed by atoms with van der Waals surface area (Å²) in [7, 11) is 0. The number of hydrogen-bond donors (Lipinski definition) is 1. The first-order valence-corrected chi connectivity index (χ1v) is 6.31. The normalized spacial score (nSPS) is 20.6. The molecule has 1 aromatic rings. The molecular formula is C15H23N. The van der Waals surface area contributed by atoms with Gasteiger partial charge in [0, 0.05) is 0 Å². The van der Waals surface area contributed by atoms with Crippen molar-refractivity contribution in [1.82, 2.24) is 0 Å².